The highest BCUT2D eigenvalue weighted by molar-refractivity contribution is 7.14. The number of nitrogens with one attached hydrogen (secondary N) is 2. The average Bonchev–Trinajstić information content (AvgIpc) is 3.44. The van der Waals surface area contributed by atoms with Crippen molar-refractivity contribution < 1.29 is 48.8 Å². The van der Waals surface area contributed by atoms with Crippen molar-refractivity contribution in [2.75, 3.05) is 38.4 Å². The molecule has 1 aromatic carbocycles. The lowest BCUT2D eigenvalue weighted by Crippen LogP contribution is -2.77. The fourth-order valence-corrected chi connectivity index (χ4v) is 7.88. The van der Waals surface area contributed by atoms with Crippen LogP contribution in [-0.2, 0) is 23.9 Å². The third-order valence-electron chi connectivity index (χ3n) is 9.08. The van der Waals surface area contributed by atoms with Gasteiger partial charge in [0.05, 0.1) is 41.8 Å². The number of aromatic nitrogens is 1. The lowest BCUT2D eigenvalue weighted by Gasteiger charge is -2.56. The van der Waals surface area contributed by atoms with Gasteiger partial charge in [0.1, 0.15) is 5.75 Å². The number of carbonyl (C=O) groups is 6. The number of anilines is 3. The number of primary amides is 1. The number of carbonyl (C=O) groups excluding carboxylic acids is 6. The first kappa shape index (κ1) is 32.2. The molecule has 3 aliphatic carbocycles. The van der Waals surface area contributed by atoms with Crippen molar-refractivity contribution in [1.82, 2.24) is 9.88 Å². The minimum Gasteiger partial charge on any atom is -0.505 e. The van der Waals surface area contributed by atoms with E-state index in [1.165, 1.54) is 30.4 Å². The molecule has 0 radical (unpaired) electrons. The van der Waals surface area contributed by atoms with Crippen LogP contribution in [0.25, 0.3) is 0 Å². The number of phenolic OH excluding ortho intramolecular Hbond substituents is 1. The number of ketones is 4. The van der Waals surface area contributed by atoms with Crippen LogP contribution in [0, 0.1) is 23.7 Å². The number of rotatable bonds is 7. The van der Waals surface area contributed by atoms with E-state index in [1.807, 2.05) is 0 Å². The van der Waals surface area contributed by atoms with E-state index in [9.17, 15) is 44.1 Å². The molecule has 240 valence electrons. The Morgan fingerprint density at radius 1 is 1.18 bits per heavy atom. The zero-order chi connectivity index (χ0) is 33.3. The molecule has 16 heteroatoms. The second-order valence-corrected chi connectivity index (χ2v) is 12.5. The summed E-state index contributed by atoms with van der Waals surface area (Å²) in [7, 11) is 4.41. The number of esters is 1. The molecule has 5 rings (SSSR count). The van der Waals surface area contributed by atoms with Crippen LogP contribution in [0.2, 0.25) is 0 Å². The summed E-state index contributed by atoms with van der Waals surface area (Å²) in [5.41, 5.74) is 2.58. The smallest absolute Gasteiger partial charge is 0.357 e. The Morgan fingerprint density at radius 2 is 1.84 bits per heavy atom. The summed E-state index contributed by atoms with van der Waals surface area (Å²) in [5, 5.41) is 42.5. The highest BCUT2D eigenvalue weighted by atomic mass is 32.1. The lowest BCUT2D eigenvalue weighted by atomic mass is 9.49. The number of hydrogen-bond acceptors (Lipinski definition) is 15. The predicted molar refractivity (Wildman–Crippen MR) is 158 cm³/mol. The first-order valence-corrected chi connectivity index (χ1v) is 15.0. The predicted octanol–water partition coefficient (Wildman–Crippen LogP) is -0.183. The Balaban J connectivity index is 1.64. The van der Waals surface area contributed by atoms with Crippen LogP contribution in [-0.4, -0.2) is 106 Å². The number of nitrogens with two attached hydrogens (primary N) is 1. The van der Waals surface area contributed by atoms with E-state index in [0.29, 0.717) is 5.69 Å². The molecular weight excluding hydrogens is 610 g/mol. The maximum absolute atomic E-state index is 14.2. The minimum absolute atomic E-state index is 0.0111. The van der Waals surface area contributed by atoms with Crippen LogP contribution >= 0.6 is 11.3 Å². The molecular formula is C29H33N5O10S. The van der Waals surface area contributed by atoms with Gasteiger partial charge in [-0.25, -0.2) is 9.78 Å². The van der Waals surface area contributed by atoms with Crippen molar-refractivity contribution >= 4 is 62.9 Å². The van der Waals surface area contributed by atoms with Gasteiger partial charge in [-0.2, -0.15) is 0 Å². The fraction of sp³-hybridized carbons (Fsp3) is 0.483. The van der Waals surface area contributed by atoms with Gasteiger partial charge in [-0.3, -0.25) is 28.9 Å². The van der Waals surface area contributed by atoms with Crippen molar-refractivity contribution in [3.05, 3.63) is 28.3 Å². The topological polar surface area (TPSA) is 239 Å². The first-order valence-electron chi connectivity index (χ1n) is 14.1. The minimum atomic E-state index is -3.10. The Bertz CT molecular complexity index is 1660. The molecule has 2 fully saturated rings. The van der Waals surface area contributed by atoms with Gasteiger partial charge >= 0.3 is 5.97 Å². The molecule has 0 bridgehead atoms. The van der Waals surface area contributed by atoms with E-state index in [-0.39, 0.29) is 34.2 Å². The van der Waals surface area contributed by atoms with E-state index in [4.69, 9.17) is 10.5 Å². The van der Waals surface area contributed by atoms with Crippen molar-refractivity contribution in [3.63, 3.8) is 0 Å². The summed E-state index contributed by atoms with van der Waals surface area (Å²) in [6.45, 7) is 3.40. The molecule has 3 aliphatic rings. The molecule has 2 saturated carbocycles. The summed E-state index contributed by atoms with van der Waals surface area (Å²) >= 11 is 1.03. The summed E-state index contributed by atoms with van der Waals surface area (Å²) in [4.78, 5) is 85.0. The zero-order valence-corrected chi connectivity index (χ0v) is 25.8. The van der Waals surface area contributed by atoms with Crippen LogP contribution in [0.4, 0.5) is 16.5 Å². The highest BCUT2D eigenvalue weighted by Gasteiger charge is 2.73. The summed E-state index contributed by atoms with van der Waals surface area (Å²) in [6.07, 6.45) is -1.75. The Hall–Kier alpha value is -4.25. The van der Waals surface area contributed by atoms with Gasteiger partial charge in [-0.05, 0) is 38.6 Å². The molecule has 0 saturated heterocycles. The number of nitrogens with zero attached hydrogens (tertiary/aromatic N) is 2. The lowest BCUT2D eigenvalue weighted by molar-refractivity contribution is -0.196. The molecule has 1 heterocycles. The molecule has 8 atom stereocenters. The molecule has 2 unspecified atom stereocenters. The van der Waals surface area contributed by atoms with E-state index in [2.05, 4.69) is 15.6 Å². The van der Waals surface area contributed by atoms with E-state index < -0.39 is 88.1 Å². The van der Waals surface area contributed by atoms with Crippen LogP contribution in [0.5, 0.6) is 5.75 Å². The van der Waals surface area contributed by atoms with Gasteiger partial charge in [0, 0.05) is 24.0 Å². The first-order chi connectivity index (χ1) is 21.1. The third kappa shape index (κ3) is 4.54. The number of ether oxygens (including phenoxy) is 1. The second-order valence-electron chi connectivity index (χ2n) is 11.6. The number of Topliss-reactive ketones (excluding diaryl/α,β-unsaturated/α-hetero) is 4. The van der Waals surface area contributed by atoms with Gasteiger partial charge in [0.25, 0.3) is 0 Å². The maximum Gasteiger partial charge on any atom is 0.357 e. The van der Waals surface area contributed by atoms with Gasteiger partial charge < -0.3 is 36.4 Å². The average molecular weight is 644 g/mol. The van der Waals surface area contributed by atoms with Crippen LogP contribution in [0.1, 0.15) is 46.2 Å². The van der Waals surface area contributed by atoms with Crippen molar-refractivity contribution in [2.45, 2.75) is 37.5 Å². The van der Waals surface area contributed by atoms with Crippen molar-refractivity contribution in [1.29, 1.82) is 0 Å². The molecule has 0 spiro atoms. The normalized spacial score (nSPS) is 30.8. The SMILES string of the molecule is CCOC(=O)c1csc(Nc2cc(NC)c3c(c2O)C(=O)C2C(=O)[C@]4(O)C(=O)C(C(N)=O)C(=O)[C@@H](N(C)C)[C@@H]4[C@@H](O)[C@@H]2[C@H]3C)n1. The van der Waals surface area contributed by atoms with E-state index in [1.54, 1.807) is 20.9 Å². The number of fused-ring (bicyclic) bond motifs is 3. The molecule has 1 amide bonds. The molecule has 7 N–H and O–H groups in total. The Morgan fingerprint density at radius 3 is 2.42 bits per heavy atom. The Labute approximate surface area is 260 Å². The Kier molecular flexibility index (Phi) is 8.06. The zero-order valence-electron chi connectivity index (χ0n) is 25.0. The van der Waals surface area contributed by atoms with Crippen molar-refractivity contribution in [3.8, 4) is 5.75 Å². The maximum atomic E-state index is 14.2. The number of phenols is 1. The summed E-state index contributed by atoms with van der Waals surface area (Å²) in [6, 6.07) is 0.0282. The number of aliphatic hydroxyl groups excluding tert-OH is 1. The number of aliphatic hydroxyl groups is 2. The van der Waals surface area contributed by atoms with Gasteiger partial charge in [-0.1, -0.05) is 6.92 Å². The highest BCUT2D eigenvalue weighted by Crippen LogP contribution is 2.56. The number of benzene rings is 1. The molecule has 1 aromatic heterocycles. The van der Waals surface area contributed by atoms with Crippen LogP contribution in [0.15, 0.2) is 11.4 Å². The monoisotopic (exact) mass is 643 g/mol. The van der Waals surface area contributed by atoms with Crippen molar-refractivity contribution in [2.24, 2.45) is 29.4 Å². The third-order valence-corrected chi connectivity index (χ3v) is 9.84. The van der Waals surface area contributed by atoms with E-state index >= 15 is 0 Å². The van der Waals surface area contributed by atoms with Gasteiger partial charge in [0.15, 0.2) is 45.5 Å². The summed E-state index contributed by atoms with van der Waals surface area (Å²) < 4.78 is 4.95. The molecule has 2 aromatic rings. The van der Waals surface area contributed by atoms with E-state index in [0.717, 1.165) is 11.3 Å². The molecule has 0 aliphatic heterocycles. The van der Waals surface area contributed by atoms with Crippen LogP contribution < -0.4 is 16.4 Å². The van der Waals surface area contributed by atoms with Gasteiger partial charge in [0.2, 0.25) is 5.91 Å². The van der Waals surface area contributed by atoms with Crippen LogP contribution in [0.3, 0.4) is 0 Å². The number of amides is 1. The number of likely N-dealkylation sites (N-methyl/N-ethyl adjacent to an activating group) is 1. The fourth-order valence-electron chi connectivity index (χ4n) is 7.19. The number of hydrogen-bond donors (Lipinski definition) is 6. The standard InChI is InChI=1S/C29H33N5O10S/c1-6-44-27(42)12-8-45-28(33-12)32-11-7-10(31-3)13-9(2)14-16(21(36)15(13)20(11)35)24(39)29(43)18(22(14)37)19(34(4)5)23(38)17(25(29)40)26(30)41/h7-9,14,16-19,22,31,35,37,43H,6H2,1-5H3,(H2,30,41)(H,32,33)/t9-,14+,16?,17?,18+,19-,22-,29-/m0/s1. The molecule has 15 nitrogen and oxygen atoms in total. The molecule has 45 heavy (non-hydrogen) atoms. The quantitative estimate of drug-likeness (QED) is 0.0993. The number of aromatic hydroxyl groups is 1. The largest absolute Gasteiger partial charge is 0.505 e. The summed E-state index contributed by atoms with van der Waals surface area (Å²) in [5.74, 6) is -15.1. The second kappa shape index (κ2) is 11.3. The van der Waals surface area contributed by atoms with Gasteiger partial charge in [-0.15, -0.1) is 11.3 Å². The number of thiazole rings is 1.